The maximum Gasteiger partial charge on any atom is 0.191 e. The van der Waals surface area contributed by atoms with Gasteiger partial charge in [0.05, 0.1) is 6.21 Å². The lowest BCUT2D eigenvalue weighted by Gasteiger charge is -2.08. The second-order valence-electron chi connectivity index (χ2n) is 3.33. The smallest absolute Gasteiger partial charge is 0.191 e. The Morgan fingerprint density at radius 3 is 2.78 bits per heavy atom. The second-order valence-corrected chi connectivity index (χ2v) is 3.77. The number of hydrogen-bond donors (Lipinski definition) is 3. The van der Waals surface area contributed by atoms with Crippen LogP contribution in [0.2, 0.25) is 0 Å². The minimum atomic E-state index is -0.845. The summed E-state index contributed by atoms with van der Waals surface area (Å²) in [6, 6.07) is 7.13. The molecule has 0 radical (unpaired) electrons. The maximum atomic E-state index is 8.87. The molecule has 0 fully saturated rings. The molecule has 0 spiro atoms. The fourth-order valence-corrected chi connectivity index (χ4v) is 1.07. The SMILES string of the molecule is CC(O)OCOc1ccc(/C=N/NC(N)=S)cc1. The Kier molecular flexibility index (Phi) is 6.06. The summed E-state index contributed by atoms with van der Waals surface area (Å²) in [5.41, 5.74) is 8.53. The first-order valence-corrected chi connectivity index (χ1v) is 5.60. The van der Waals surface area contributed by atoms with Gasteiger partial charge in [0.15, 0.2) is 18.2 Å². The predicted octanol–water partition coefficient (Wildman–Crippen LogP) is 0.545. The van der Waals surface area contributed by atoms with Gasteiger partial charge in [0.1, 0.15) is 5.75 Å². The van der Waals surface area contributed by atoms with Crippen molar-refractivity contribution in [1.82, 2.24) is 5.43 Å². The van der Waals surface area contributed by atoms with Crippen LogP contribution in [0.4, 0.5) is 0 Å². The molecule has 6 nitrogen and oxygen atoms in total. The highest BCUT2D eigenvalue weighted by atomic mass is 32.1. The van der Waals surface area contributed by atoms with Gasteiger partial charge in [0, 0.05) is 0 Å². The van der Waals surface area contributed by atoms with E-state index < -0.39 is 6.29 Å². The Bertz CT molecular complexity index is 406. The zero-order chi connectivity index (χ0) is 13.4. The van der Waals surface area contributed by atoms with Gasteiger partial charge in [-0.05, 0) is 49.0 Å². The lowest BCUT2D eigenvalue weighted by atomic mass is 10.2. The third kappa shape index (κ3) is 6.14. The van der Waals surface area contributed by atoms with E-state index in [9.17, 15) is 0 Å². The summed E-state index contributed by atoms with van der Waals surface area (Å²) >= 11 is 4.60. The molecule has 0 aromatic heterocycles. The number of ether oxygens (including phenoxy) is 2. The van der Waals surface area contributed by atoms with E-state index in [1.54, 1.807) is 18.3 Å². The molecule has 1 atom stereocenters. The standard InChI is InChI=1S/C11H15N3O3S/c1-8(15)16-7-17-10-4-2-9(3-5-10)6-13-14-11(12)18/h2-6,8,15H,7H2,1H3,(H3,12,14,18)/b13-6+. The average molecular weight is 269 g/mol. The molecule has 7 heteroatoms. The summed E-state index contributed by atoms with van der Waals surface area (Å²) in [5, 5.41) is 12.8. The Morgan fingerprint density at radius 1 is 1.56 bits per heavy atom. The van der Waals surface area contributed by atoms with Gasteiger partial charge in [-0.2, -0.15) is 5.10 Å². The number of benzene rings is 1. The molecule has 0 aliphatic heterocycles. The van der Waals surface area contributed by atoms with Crippen molar-refractivity contribution in [3.8, 4) is 5.75 Å². The Morgan fingerprint density at radius 2 is 2.22 bits per heavy atom. The molecule has 0 heterocycles. The molecule has 0 saturated carbocycles. The van der Waals surface area contributed by atoms with Gasteiger partial charge in [0.25, 0.3) is 0 Å². The van der Waals surface area contributed by atoms with E-state index in [2.05, 4.69) is 22.7 Å². The maximum absolute atomic E-state index is 8.87. The first-order chi connectivity index (χ1) is 8.58. The van der Waals surface area contributed by atoms with E-state index in [1.165, 1.54) is 6.92 Å². The zero-order valence-corrected chi connectivity index (χ0v) is 10.7. The molecular formula is C11H15N3O3S. The molecule has 1 aromatic rings. The summed E-state index contributed by atoms with van der Waals surface area (Å²) in [6.45, 7) is 1.51. The first-order valence-electron chi connectivity index (χ1n) is 5.19. The van der Waals surface area contributed by atoms with Crippen molar-refractivity contribution < 1.29 is 14.6 Å². The van der Waals surface area contributed by atoms with E-state index in [0.717, 1.165) is 5.56 Å². The topological polar surface area (TPSA) is 89.1 Å². The molecule has 0 aliphatic rings. The van der Waals surface area contributed by atoms with Crippen LogP contribution in [0.5, 0.6) is 5.75 Å². The van der Waals surface area contributed by atoms with Crippen LogP contribution in [-0.2, 0) is 4.74 Å². The molecule has 0 saturated heterocycles. The van der Waals surface area contributed by atoms with Crippen molar-refractivity contribution in [2.75, 3.05) is 6.79 Å². The highest BCUT2D eigenvalue weighted by Crippen LogP contribution is 2.11. The third-order valence-electron chi connectivity index (χ3n) is 1.80. The molecule has 98 valence electrons. The number of nitrogens with zero attached hydrogens (tertiary/aromatic N) is 1. The second kappa shape index (κ2) is 7.59. The van der Waals surface area contributed by atoms with E-state index >= 15 is 0 Å². The number of nitrogens with two attached hydrogens (primary N) is 1. The highest BCUT2D eigenvalue weighted by Gasteiger charge is 1.96. The van der Waals surface area contributed by atoms with E-state index in [4.69, 9.17) is 20.3 Å². The van der Waals surface area contributed by atoms with Crippen LogP contribution in [0.1, 0.15) is 12.5 Å². The van der Waals surface area contributed by atoms with Crippen molar-refractivity contribution >= 4 is 23.5 Å². The van der Waals surface area contributed by atoms with Crippen molar-refractivity contribution in [2.24, 2.45) is 10.8 Å². The van der Waals surface area contributed by atoms with Crippen LogP contribution >= 0.6 is 12.2 Å². The summed E-state index contributed by atoms with van der Waals surface area (Å²) in [4.78, 5) is 0. The molecule has 18 heavy (non-hydrogen) atoms. The molecule has 1 rings (SSSR count). The highest BCUT2D eigenvalue weighted by molar-refractivity contribution is 7.80. The van der Waals surface area contributed by atoms with Gasteiger partial charge in [-0.3, -0.25) is 5.43 Å². The molecule has 4 N–H and O–H groups in total. The number of rotatable bonds is 6. The fourth-order valence-electron chi connectivity index (χ4n) is 1.02. The van der Waals surface area contributed by atoms with Crippen LogP contribution in [0.25, 0.3) is 0 Å². The number of aliphatic hydroxyl groups excluding tert-OH is 1. The lowest BCUT2D eigenvalue weighted by molar-refractivity contribution is -0.131. The van der Waals surface area contributed by atoms with Crippen molar-refractivity contribution in [2.45, 2.75) is 13.2 Å². The van der Waals surface area contributed by atoms with E-state index in [0.29, 0.717) is 5.75 Å². The van der Waals surface area contributed by atoms with Gasteiger partial charge in [-0.25, -0.2) is 0 Å². The van der Waals surface area contributed by atoms with Crippen molar-refractivity contribution in [1.29, 1.82) is 0 Å². The molecule has 0 amide bonds. The van der Waals surface area contributed by atoms with Gasteiger partial charge in [-0.1, -0.05) is 0 Å². The molecule has 0 bridgehead atoms. The first kappa shape index (κ1) is 14.4. The molecule has 0 aliphatic carbocycles. The quantitative estimate of drug-likeness (QED) is 0.302. The number of hydrazone groups is 1. The minimum Gasteiger partial charge on any atom is -0.467 e. The van der Waals surface area contributed by atoms with Gasteiger partial charge < -0.3 is 20.3 Å². The van der Waals surface area contributed by atoms with Crippen molar-refractivity contribution in [3.63, 3.8) is 0 Å². The minimum absolute atomic E-state index is 0.00585. The van der Waals surface area contributed by atoms with E-state index in [-0.39, 0.29) is 11.9 Å². The van der Waals surface area contributed by atoms with Crippen LogP contribution in [0.3, 0.4) is 0 Å². The average Bonchev–Trinajstić information content (AvgIpc) is 2.30. The van der Waals surface area contributed by atoms with Crippen LogP contribution in [0, 0.1) is 0 Å². The molecule has 1 unspecified atom stereocenters. The largest absolute Gasteiger partial charge is 0.467 e. The molecular weight excluding hydrogens is 254 g/mol. The summed E-state index contributed by atoms with van der Waals surface area (Å²) in [7, 11) is 0. The monoisotopic (exact) mass is 269 g/mol. The summed E-state index contributed by atoms with van der Waals surface area (Å²) in [6.07, 6.45) is 0.734. The summed E-state index contributed by atoms with van der Waals surface area (Å²) < 4.78 is 10.1. The zero-order valence-electron chi connectivity index (χ0n) is 9.87. The van der Waals surface area contributed by atoms with Gasteiger partial charge in [0.2, 0.25) is 0 Å². The number of hydrogen-bond acceptors (Lipinski definition) is 5. The van der Waals surface area contributed by atoms with Crippen LogP contribution < -0.4 is 15.9 Å². The van der Waals surface area contributed by atoms with Crippen LogP contribution in [0.15, 0.2) is 29.4 Å². The van der Waals surface area contributed by atoms with Crippen molar-refractivity contribution in [3.05, 3.63) is 29.8 Å². The van der Waals surface area contributed by atoms with Gasteiger partial charge >= 0.3 is 0 Å². The van der Waals surface area contributed by atoms with Gasteiger partial charge in [-0.15, -0.1) is 0 Å². The normalized spacial score (nSPS) is 12.3. The van der Waals surface area contributed by atoms with E-state index in [1.807, 2.05) is 12.1 Å². The number of thiocarbonyl (C=S) groups is 1. The Hall–Kier alpha value is -1.70. The molecule has 1 aromatic carbocycles. The van der Waals surface area contributed by atoms with Crippen LogP contribution in [-0.4, -0.2) is 29.5 Å². The Labute approximate surface area is 110 Å². The fraction of sp³-hybridized carbons (Fsp3) is 0.273. The third-order valence-corrected chi connectivity index (χ3v) is 1.89. The Balaban J connectivity index is 2.42. The number of aliphatic hydroxyl groups is 1. The number of nitrogens with one attached hydrogen (secondary N) is 1. The lowest BCUT2D eigenvalue weighted by Crippen LogP contribution is -2.23. The summed E-state index contributed by atoms with van der Waals surface area (Å²) in [5.74, 6) is 0.634. The predicted molar refractivity (Wildman–Crippen MR) is 72.2 cm³/mol.